The van der Waals surface area contributed by atoms with Crippen molar-refractivity contribution >= 4 is 29.4 Å². The number of ether oxygens (including phenoxy) is 2. The fourth-order valence-electron chi connectivity index (χ4n) is 3.24. The first-order valence-electron chi connectivity index (χ1n) is 10.8. The number of para-hydroxylation sites is 1. The number of amides is 3. The lowest BCUT2D eigenvalue weighted by Gasteiger charge is -2.34. The number of piperazine rings is 1. The predicted molar refractivity (Wildman–Crippen MR) is 121 cm³/mol. The lowest BCUT2D eigenvalue weighted by Crippen LogP contribution is -2.52. The summed E-state index contributed by atoms with van der Waals surface area (Å²) in [6, 6.07) is 15.4. The number of nitrogens with zero attached hydrogens (tertiary/aromatic N) is 2. The summed E-state index contributed by atoms with van der Waals surface area (Å²) in [4.78, 5) is 51.4. The molecule has 2 aromatic rings. The number of rotatable bonds is 8. The molecule has 1 fully saturated rings. The molecule has 3 amide bonds. The average Bonchev–Trinajstić information content (AvgIpc) is 2.86. The first-order chi connectivity index (χ1) is 16.0. The van der Waals surface area contributed by atoms with Crippen molar-refractivity contribution in [3.8, 4) is 5.75 Å². The number of nitrogens with one attached hydrogen (secondary N) is 1. The lowest BCUT2D eigenvalue weighted by atomic mass is 10.1. The molecule has 1 aliphatic heterocycles. The second kappa shape index (κ2) is 11.7. The Bertz CT molecular complexity index is 969. The zero-order valence-corrected chi connectivity index (χ0v) is 18.5. The van der Waals surface area contributed by atoms with Gasteiger partial charge in [-0.3, -0.25) is 9.59 Å². The van der Waals surface area contributed by atoms with Crippen LogP contribution in [0.3, 0.4) is 0 Å². The molecule has 3 rings (SSSR count). The summed E-state index contributed by atoms with van der Waals surface area (Å²) in [5, 5.41) is 2.82. The zero-order valence-electron chi connectivity index (χ0n) is 18.5. The van der Waals surface area contributed by atoms with Gasteiger partial charge in [-0.15, -0.1) is 0 Å². The Labute approximate surface area is 192 Å². The van der Waals surface area contributed by atoms with Gasteiger partial charge in [-0.05, 0) is 36.4 Å². The van der Waals surface area contributed by atoms with Gasteiger partial charge in [0, 0.05) is 43.9 Å². The molecule has 0 radical (unpaired) electrons. The number of Topliss-reactive ketones (excluding diaryl/α,β-unsaturated/α-hetero) is 1. The van der Waals surface area contributed by atoms with E-state index in [0.717, 1.165) is 0 Å². The third kappa shape index (κ3) is 7.06. The molecule has 2 aromatic carbocycles. The van der Waals surface area contributed by atoms with Gasteiger partial charge in [-0.1, -0.05) is 25.1 Å². The van der Waals surface area contributed by atoms with Crippen LogP contribution in [0.1, 0.15) is 23.7 Å². The van der Waals surface area contributed by atoms with Gasteiger partial charge in [0.05, 0.1) is 0 Å². The van der Waals surface area contributed by atoms with E-state index in [9.17, 15) is 19.2 Å². The summed E-state index contributed by atoms with van der Waals surface area (Å²) < 4.78 is 10.4. The second-order valence-electron chi connectivity index (χ2n) is 7.41. The first-order valence-corrected chi connectivity index (χ1v) is 10.8. The van der Waals surface area contributed by atoms with Gasteiger partial charge < -0.3 is 24.6 Å². The molecule has 9 heteroatoms. The van der Waals surface area contributed by atoms with Crippen LogP contribution in [0.15, 0.2) is 54.6 Å². The second-order valence-corrected chi connectivity index (χ2v) is 7.41. The molecule has 1 N–H and O–H groups in total. The monoisotopic (exact) mass is 453 g/mol. The van der Waals surface area contributed by atoms with E-state index in [1.165, 1.54) is 0 Å². The van der Waals surface area contributed by atoms with Crippen LogP contribution >= 0.6 is 0 Å². The predicted octanol–water partition coefficient (Wildman–Crippen LogP) is 2.58. The van der Waals surface area contributed by atoms with Crippen molar-refractivity contribution in [2.75, 3.05) is 44.7 Å². The van der Waals surface area contributed by atoms with E-state index in [0.29, 0.717) is 49.6 Å². The Balaban J connectivity index is 1.35. The molecular weight excluding hydrogens is 426 g/mol. The van der Waals surface area contributed by atoms with Crippen LogP contribution in [0.5, 0.6) is 5.75 Å². The van der Waals surface area contributed by atoms with Gasteiger partial charge in [0.25, 0.3) is 5.91 Å². The third-order valence-electron chi connectivity index (χ3n) is 5.16. The quantitative estimate of drug-likeness (QED) is 0.487. The zero-order chi connectivity index (χ0) is 23.6. The summed E-state index contributed by atoms with van der Waals surface area (Å²) in [5.74, 6) is -0.542. The van der Waals surface area contributed by atoms with Crippen LogP contribution in [-0.4, -0.2) is 72.9 Å². The van der Waals surface area contributed by atoms with Gasteiger partial charge in [-0.25, -0.2) is 9.59 Å². The molecule has 1 aliphatic rings. The van der Waals surface area contributed by atoms with E-state index in [2.05, 4.69) is 5.32 Å². The normalized spacial score (nSPS) is 13.2. The van der Waals surface area contributed by atoms with Crippen molar-refractivity contribution in [2.24, 2.45) is 0 Å². The molecule has 0 unspecified atom stereocenters. The standard InChI is InChI=1S/C24H27N3O6/c1-2-21(28)18-8-10-20(11-9-18)32-17-23(30)33-16-22(29)26-12-14-27(15-13-26)24(31)25-19-6-4-3-5-7-19/h3-11H,2,12-17H2,1H3,(H,25,31). The number of carbonyl (C=O) groups excluding carboxylic acids is 4. The van der Waals surface area contributed by atoms with Crippen LogP contribution in [0.2, 0.25) is 0 Å². The highest BCUT2D eigenvalue weighted by molar-refractivity contribution is 5.95. The molecular formula is C24H27N3O6. The molecule has 0 saturated carbocycles. The first kappa shape index (κ1) is 23.8. The Morgan fingerprint density at radius 3 is 2.12 bits per heavy atom. The van der Waals surface area contributed by atoms with Crippen LogP contribution in [0.4, 0.5) is 10.5 Å². The molecule has 0 aliphatic carbocycles. The van der Waals surface area contributed by atoms with Crippen molar-refractivity contribution in [3.05, 3.63) is 60.2 Å². The molecule has 0 atom stereocenters. The molecule has 0 spiro atoms. The van der Waals surface area contributed by atoms with Crippen LogP contribution < -0.4 is 10.1 Å². The highest BCUT2D eigenvalue weighted by Gasteiger charge is 2.24. The van der Waals surface area contributed by atoms with Gasteiger partial charge in [0.2, 0.25) is 0 Å². The van der Waals surface area contributed by atoms with Crippen molar-refractivity contribution < 1.29 is 28.7 Å². The van der Waals surface area contributed by atoms with E-state index in [-0.39, 0.29) is 30.9 Å². The highest BCUT2D eigenvalue weighted by atomic mass is 16.6. The minimum atomic E-state index is -0.669. The summed E-state index contributed by atoms with van der Waals surface area (Å²) in [7, 11) is 0. The van der Waals surface area contributed by atoms with Crippen LogP contribution in [0.25, 0.3) is 0 Å². The Hall–Kier alpha value is -3.88. The number of benzene rings is 2. The van der Waals surface area contributed by atoms with Crippen molar-refractivity contribution in [1.82, 2.24) is 9.80 Å². The van der Waals surface area contributed by atoms with E-state index in [1.54, 1.807) is 53.1 Å². The highest BCUT2D eigenvalue weighted by Crippen LogP contribution is 2.14. The maximum absolute atomic E-state index is 12.3. The van der Waals surface area contributed by atoms with Crippen LogP contribution in [-0.2, 0) is 14.3 Å². The number of carbonyl (C=O) groups is 4. The summed E-state index contributed by atoms with van der Waals surface area (Å²) >= 11 is 0. The van der Waals surface area contributed by atoms with Crippen molar-refractivity contribution in [3.63, 3.8) is 0 Å². The van der Waals surface area contributed by atoms with E-state index >= 15 is 0 Å². The molecule has 174 valence electrons. The van der Waals surface area contributed by atoms with E-state index in [4.69, 9.17) is 9.47 Å². The maximum Gasteiger partial charge on any atom is 0.344 e. The molecule has 0 aromatic heterocycles. The largest absolute Gasteiger partial charge is 0.482 e. The smallest absolute Gasteiger partial charge is 0.344 e. The van der Waals surface area contributed by atoms with Crippen molar-refractivity contribution in [1.29, 1.82) is 0 Å². The Kier molecular flexibility index (Phi) is 8.40. The molecule has 9 nitrogen and oxygen atoms in total. The summed E-state index contributed by atoms with van der Waals surface area (Å²) in [5.41, 5.74) is 1.29. The number of anilines is 1. The number of esters is 1. The van der Waals surface area contributed by atoms with Gasteiger partial charge >= 0.3 is 12.0 Å². The number of hydrogen-bond donors (Lipinski definition) is 1. The number of hydrogen-bond acceptors (Lipinski definition) is 6. The summed E-state index contributed by atoms with van der Waals surface area (Å²) in [6.45, 7) is 2.54. The Morgan fingerprint density at radius 2 is 1.48 bits per heavy atom. The van der Waals surface area contributed by atoms with Gasteiger partial charge in [0.1, 0.15) is 5.75 Å². The Morgan fingerprint density at radius 1 is 0.848 bits per heavy atom. The van der Waals surface area contributed by atoms with Crippen molar-refractivity contribution in [2.45, 2.75) is 13.3 Å². The SMILES string of the molecule is CCC(=O)c1ccc(OCC(=O)OCC(=O)N2CCN(C(=O)Nc3ccccc3)CC2)cc1. The van der Waals surface area contributed by atoms with Gasteiger partial charge in [-0.2, -0.15) is 0 Å². The average molecular weight is 453 g/mol. The molecule has 0 bridgehead atoms. The topological polar surface area (TPSA) is 105 Å². The minimum absolute atomic E-state index is 0.0251. The van der Waals surface area contributed by atoms with E-state index in [1.807, 2.05) is 18.2 Å². The minimum Gasteiger partial charge on any atom is -0.482 e. The molecule has 33 heavy (non-hydrogen) atoms. The number of urea groups is 1. The fourth-order valence-corrected chi connectivity index (χ4v) is 3.24. The van der Waals surface area contributed by atoms with E-state index < -0.39 is 5.97 Å². The third-order valence-corrected chi connectivity index (χ3v) is 5.16. The molecule has 1 saturated heterocycles. The lowest BCUT2D eigenvalue weighted by molar-refractivity contribution is -0.154. The van der Waals surface area contributed by atoms with Crippen LogP contribution in [0, 0.1) is 0 Å². The molecule has 1 heterocycles. The summed E-state index contributed by atoms with van der Waals surface area (Å²) in [6.07, 6.45) is 0.413. The van der Waals surface area contributed by atoms with Gasteiger partial charge in [0.15, 0.2) is 19.0 Å². The number of ketones is 1. The fraction of sp³-hybridized carbons (Fsp3) is 0.333. The maximum atomic E-state index is 12.3.